The second-order valence-electron chi connectivity index (χ2n) is 5.54. The molecule has 102 valence electrons. The number of fused-ring (bicyclic) bond motifs is 1. The van der Waals surface area contributed by atoms with E-state index < -0.39 is 10.8 Å². The largest absolute Gasteiger partial charge is 0.362 e. The molecule has 1 saturated heterocycles. The van der Waals surface area contributed by atoms with Gasteiger partial charge in [0.2, 0.25) is 0 Å². The highest BCUT2D eigenvalue weighted by atomic mass is 32.2. The third-order valence-corrected chi connectivity index (χ3v) is 6.15. The molecule has 0 amide bonds. The van der Waals surface area contributed by atoms with E-state index in [0.29, 0.717) is 6.10 Å². The predicted molar refractivity (Wildman–Crippen MR) is 77.5 cm³/mol. The van der Waals surface area contributed by atoms with E-state index in [1.807, 2.05) is 30.3 Å². The Bertz CT molecular complexity index is 523. The van der Waals surface area contributed by atoms with Crippen molar-refractivity contribution in [1.82, 2.24) is 0 Å². The number of allylic oxidation sites excluding steroid dienone is 1. The van der Waals surface area contributed by atoms with Gasteiger partial charge < -0.3 is 4.74 Å². The number of benzene rings is 1. The molecule has 1 saturated carbocycles. The highest BCUT2D eigenvalue weighted by Crippen LogP contribution is 2.50. The SMILES string of the molecule is C/C=C1\C[C@H](S(=O)c2ccccc2)CC[C@H]2O[C@@]12C. The minimum Gasteiger partial charge on any atom is -0.362 e. The van der Waals surface area contributed by atoms with Gasteiger partial charge in [0.1, 0.15) is 5.60 Å². The number of rotatable bonds is 2. The summed E-state index contributed by atoms with van der Waals surface area (Å²) >= 11 is 0. The van der Waals surface area contributed by atoms with Crippen LogP contribution >= 0.6 is 0 Å². The predicted octanol–water partition coefficient (Wildman–Crippen LogP) is 3.45. The van der Waals surface area contributed by atoms with Crippen molar-refractivity contribution in [1.29, 1.82) is 0 Å². The third-order valence-electron chi connectivity index (χ3n) is 4.41. The summed E-state index contributed by atoms with van der Waals surface area (Å²) in [5.41, 5.74) is 1.26. The van der Waals surface area contributed by atoms with E-state index in [0.717, 1.165) is 24.2 Å². The lowest BCUT2D eigenvalue weighted by atomic mass is 9.95. The molecular weight excluding hydrogens is 256 g/mol. The summed E-state index contributed by atoms with van der Waals surface area (Å²) in [6, 6.07) is 9.82. The molecule has 0 radical (unpaired) electrons. The lowest BCUT2D eigenvalue weighted by molar-refractivity contribution is 0.315. The molecule has 3 heteroatoms. The maximum Gasteiger partial charge on any atom is 0.113 e. The first-order valence-corrected chi connectivity index (χ1v) is 8.15. The summed E-state index contributed by atoms with van der Waals surface area (Å²) in [5, 5.41) is 0.224. The fraction of sp³-hybridized carbons (Fsp3) is 0.500. The zero-order chi connectivity index (χ0) is 13.5. The maximum absolute atomic E-state index is 12.7. The van der Waals surface area contributed by atoms with Crippen molar-refractivity contribution in [2.24, 2.45) is 0 Å². The molecule has 0 spiro atoms. The minimum atomic E-state index is -0.912. The zero-order valence-corrected chi connectivity index (χ0v) is 12.3. The monoisotopic (exact) mass is 276 g/mol. The Balaban J connectivity index is 1.81. The lowest BCUT2D eigenvalue weighted by Crippen LogP contribution is -2.18. The number of epoxide rings is 1. The zero-order valence-electron chi connectivity index (χ0n) is 11.5. The Morgan fingerprint density at radius 1 is 1.32 bits per heavy atom. The first kappa shape index (κ1) is 13.1. The fourth-order valence-electron chi connectivity index (χ4n) is 3.10. The van der Waals surface area contributed by atoms with Gasteiger partial charge in [-0.1, -0.05) is 24.3 Å². The van der Waals surface area contributed by atoms with Crippen LogP contribution in [-0.4, -0.2) is 21.2 Å². The molecule has 3 rings (SSSR count). The van der Waals surface area contributed by atoms with Gasteiger partial charge in [-0.05, 0) is 50.8 Å². The minimum absolute atomic E-state index is 0.0651. The van der Waals surface area contributed by atoms with Crippen LogP contribution in [0.3, 0.4) is 0 Å². The molecule has 1 aromatic carbocycles. The van der Waals surface area contributed by atoms with Crippen molar-refractivity contribution in [2.75, 3.05) is 0 Å². The Morgan fingerprint density at radius 3 is 2.74 bits per heavy atom. The third kappa shape index (κ3) is 2.30. The highest BCUT2D eigenvalue weighted by Gasteiger charge is 2.56. The van der Waals surface area contributed by atoms with Gasteiger partial charge in [-0.2, -0.15) is 0 Å². The van der Waals surface area contributed by atoms with Crippen molar-refractivity contribution in [2.45, 2.75) is 55.0 Å². The molecule has 1 unspecified atom stereocenters. The van der Waals surface area contributed by atoms with E-state index in [1.165, 1.54) is 5.57 Å². The highest BCUT2D eigenvalue weighted by molar-refractivity contribution is 7.85. The Hall–Kier alpha value is -0.930. The van der Waals surface area contributed by atoms with Crippen LogP contribution in [0.15, 0.2) is 46.9 Å². The molecule has 1 aliphatic carbocycles. The lowest BCUT2D eigenvalue weighted by Gasteiger charge is -2.17. The van der Waals surface area contributed by atoms with E-state index in [4.69, 9.17) is 4.74 Å². The average Bonchev–Trinajstić information content (AvgIpc) is 3.12. The smallest absolute Gasteiger partial charge is 0.113 e. The van der Waals surface area contributed by atoms with E-state index >= 15 is 0 Å². The van der Waals surface area contributed by atoms with Gasteiger partial charge in [0.25, 0.3) is 0 Å². The molecule has 19 heavy (non-hydrogen) atoms. The van der Waals surface area contributed by atoms with Gasteiger partial charge in [-0.25, -0.2) is 0 Å². The van der Waals surface area contributed by atoms with Gasteiger partial charge in [0, 0.05) is 10.1 Å². The summed E-state index contributed by atoms with van der Waals surface area (Å²) in [5.74, 6) is 0. The molecule has 0 N–H and O–H groups in total. The summed E-state index contributed by atoms with van der Waals surface area (Å²) in [4.78, 5) is 0.949. The van der Waals surface area contributed by atoms with Gasteiger partial charge in [0.05, 0.1) is 16.9 Å². The van der Waals surface area contributed by atoms with Gasteiger partial charge in [-0.15, -0.1) is 0 Å². The maximum atomic E-state index is 12.7. The molecule has 2 aliphatic rings. The first-order chi connectivity index (χ1) is 9.15. The van der Waals surface area contributed by atoms with E-state index in [9.17, 15) is 4.21 Å². The second-order valence-corrected chi connectivity index (χ2v) is 7.27. The van der Waals surface area contributed by atoms with Crippen LogP contribution in [0, 0.1) is 0 Å². The molecule has 2 fully saturated rings. The molecule has 1 aromatic rings. The Labute approximate surface area is 117 Å². The Kier molecular flexibility index (Phi) is 3.35. The van der Waals surface area contributed by atoms with Crippen LogP contribution in [-0.2, 0) is 15.5 Å². The summed E-state index contributed by atoms with van der Waals surface area (Å²) in [6.07, 6.45) is 5.40. The molecular formula is C16H20O2S. The van der Waals surface area contributed by atoms with Crippen LogP contribution in [0.4, 0.5) is 0 Å². The van der Waals surface area contributed by atoms with Crippen LogP contribution in [0.25, 0.3) is 0 Å². The molecule has 0 bridgehead atoms. The van der Waals surface area contributed by atoms with Crippen LogP contribution in [0.1, 0.15) is 33.1 Å². The van der Waals surface area contributed by atoms with Gasteiger partial charge >= 0.3 is 0 Å². The quantitative estimate of drug-likeness (QED) is 0.611. The van der Waals surface area contributed by atoms with Gasteiger partial charge in [-0.3, -0.25) is 4.21 Å². The number of hydrogen-bond donors (Lipinski definition) is 0. The average molecular weight is 276 g/mol. The standard InChI is InChI=1S/C16H20O2S/c1-3-12-11-14(9-10-15-16(12,2)18-15)19(17)13-7-5-4-6-8-13/h3-8,14-15H,9-11H2,1-2H3/b12-3+/t14-,15-,16+,19?/m1/s1. The summed E-state index contributed by atoms with van der Waals surface area (Å²) in [7, 11) is -0.912. The topological polar surface area (TPSA) is 29.6 Å². The molecule has 2 nitrogen and oxygen atoms in total. The molecule has 1 aliphatic heterocycles. The second kappa shape index (κ2) is 4.88. The van der Waals surface area contributed by atoms with Crippen LogP contribution in [0.5, 0.6) is 0 Å². The first-order valence-electron chi connectivity index (χ1n) is 6.94. The fourth-order valence-corrected chi connectivity index (χ4v) is 4.59. The normalized spacial score (nSPS) is 37.5. The van der Waals surface area contributed by atoms with E-state index in [1.54, 1.807) is 0 Å². The van der Waals surface area contributed by atoms with Crippen molar-refractivity contribution in [3.05, 3.63) is 42.0 Å². The molecule has 4 atom stereocenters. The van der Waals surface area contributed by atoms with Crippen molar-refractivity contribution in [3.63, 3.8) is 0 Å². The Morgan fingerprint density at radius 2 is 2.05 bits per heavy atom. The summed E-state index contributed by atoms with van der Waals surface area (Å²) in [6.45, 7) is 4.23. The van der Waals surface area contributed by atoms with Crippen molar-refractivity contribution < 1.29 is 8.95 Å². The molecule has 0 aromatic heterocycles. The number of ether oxygens (including phenoxy) is 1. The van der Waals surface area contributed by atoms with E-state index in [2.05, 4.69) is 19.9 Å². The van der Waals surface area contributed by atoms with Gasteiger partial charge in [0.15, 0.2) is 0 Å². The summed E-state index contributed by atoms with van der Waals surface area (Å²) < 4.78 is 18.5. The van der Waals surface area contributed by atoms with E-state index in [-0.39, 0.29) is 10.9 Å². The van der Waals surface area contributed by atoms with Crippen molar-refractivity contribution >= 4 is 10.8 Å². The van der Waals surface area contributed by atoms with Crippen LogP contribution in [0.2, 0.25) is 0 Å². The van der Waals surface area contributed by atoms with Crippen molar-refractivity contribution in [3.8, 4) is 0 Å². The van der Waals surface area contributed by atoms with Crippen LogP contribution < -0.4 is 0 Å². The molecule has 1 heterocycles. The number of hydrogen-bond acceptors (Lipinski definition) is 2.